The number of carbonyl (C=O) groups excluding carboxylic acids is 1. The molecule has 0 radical (unpaired) electrons. The van der Waals surface area contributed by atoms with Crippen molar-refractivity contribution in [1.82, 2.24) is 10.2 Å². The van der Waals surface area contributed by atoms with Crippen LogP contribution in [0.4, 0.5) is 5.69 Å². The quantitative estimate of drug-likeness (QED) is 0.849. The van der Waals surface area contributed by atoms with Crippen LogP contribution in [0.3, 0.4) is 0 Å². The second kappa shape index (κ2) is 8.30. The molecule has 2 N–H and O–H groups in total. The summed E-state index contributed by atoms with van der Waals surface area (Å²) in [5, 5.41) is 6.26. The fraction of sp³-hybridized carbons (Fsp3) is 0.611. The fourth-order valence-electron chi connectivity index (χ4n) is 3.13. The van der Waals surface area contributed by atoms with Gasteiger partial charge in [-0.3, -0.25) is 9.69 Å². The van der Waals surface area contributed by atoms with E-state index in [9.17, 15) is 4.79 Å². The Balaban J connectivity index is 1.76. The van der Waals surface area contributed by atoms with Gasteiger partial charge in [-0.05, 0) is 77.3 Å². The van der Waals surface area contributed by atoms with Gasteiger partial charge in [-0.25, -0.2) is 0 Å². The molecule has 122 valence electrons. The molecule has 4 nitrogen and oxygen atoms in total. The fourth-order valence-corrected chi connectivity index (χ4v) is 3.13. The number of hydrogen-bond acceptors (Lipinski definition) is 3. The van der Waals surface area contributed by atoms with Gasteiger partial charge in [0.2, 0.25) is 5.91 Å². The maximum absolute atomic E-state index is 12.2. The van der Waals surface area contributed by atoms with Gasteiger partial charge in [0, 0.05) is 5.69 Å². The van der Waals surface area contributed by atoms with Crippen LogP contribution >= 0.6 is 0 Å². The number of nitrogens with one attached hydrogen (secondary N) is 2. The van der Waals surface area contributed by atoms with Crippen LogP contribution in [-0.2, 0) is 4.79 Å². The molecule has 0 unspecified atom stereocenters. The molecule has 1 saturated heterocycles. The molecule has 0 aromatic heterocycles. The van der Waals surface area contributed by atoms with Crippen LogP contribution in [0.5, 0.6) is 0 Å². The molecule has 0 spiro atoms. The van der Waals surface area contributed by atoms with Crippen LogP contribution < -0.4 is 10.6 Å². The lowest BCUT2D eigenvalue weighted by atomic mass is 9.93. The predicted octanol–water partition coefficient (Wildman–Crippen LogP) is 2.56. The zero-order valence-electron chi connectivity index (χ0n) is 14.1. The van der Waals surface area contributed by atoms with E-state index in [2.05, 4.69) is 28.5 Å². The van der Waals surface area contributed by atoms with Crippen molar-refractivity contribution in [3.05, 3.63) is 29.3 Å². The first-order chi connectivity index (χ1) is 10.6. The summed E-state index contributed by atoms with van der Waals surface area (Å²) in [5.41, 5.74) is 3.28. The minimum atomic E-state index is 0.0978. The number of hydrogen-bond donors (Lipinski definition) is 2. The minimum absolute atomic E-state index is 0.0978. The SMILES string of the molecule is CNCCC1CCN(CC(=O)Nc2ccc(C)cc2C)CC1. The third kappa shape index (κ3) is 5.11. The molecule has 1 heterocycles. The first-order valence-corrected chi connectivity index (χ1v) is 8.32. The van der Waals surface area contributed by atoms with E-state index in [1.807, 2.05) is 26.1 Å². The van der Waals surface area contributed by atoms with E-state index in [1.54, 1.807) is 0 Å². The molecule has 4 heteroatoms. The first kappa shape index (κ1) is 17.0. The Labute approximate surface area is 134 Å². The number of carbonyl (C=O) groups is 1. The highest BCUT2D eigenvalue weighted by molar-refractivity contribution is 5.93. The van der Waals surface area contributed by atoms with E-state index in [0.717, 1.165) is 36.8 Å². The van der Waals surface area contributed by atoms with E-state index in [-0.39, 0.29) is 5.91 Å². The molecule has 22 heavy (non-hydrogen) atoms. The number of benzene rings is 1. The Bertz CT molecular complexity index is 493. The molecule has 1 fully saturated rings. The Kier molecular flexibility index (Phi) is 6.40. The van der Waals surface area contributed by atoms with Crippen LogP contribution in [-0.4, -0.2) is 44.0 Å². The molecule has 1 aromatic rings. The van der Waals surface area contributed by atoms with Gasteiger partial charge in [0.05, 0.1) is 6.54 Å². The molecule has 0 aliphatic carbocycles. The molecule has 1 aliphatic heterocycles. The number of rotatable bonds is 6. The molecule has 0 saturated carbocycles. The second-order valence-electron chi connectivity index (χ2n) is 6.48. The Morgan fingerprint density at radius 1 is 1.27 bits per heavy atom. The smallest absolute Gasteiger partial charge is 0.238 e. The van der Waals surface area contributed by atoms with Gasteiger partial charge >= 0.3 is 0 Å². The Morgan fingerprint density at radius 3 is 2.64 bits per heavy atom. The third-order valence-corrected chi connectivity index (χ3v) is 4.53. The van der Waals surface area contributed by atoms with Gasteiger partial charge in [0.25, 0.3) is 0 Å². The number of nitrogens with zero attached hydrogens (tertiary/aromatic N) is 1. The summed E-state index contributed by atoms with van der Waals surface area (Å²) in [4.78, 5) is 14.5. The lowest BCUT2D eigenvalue weighted by molar-refractivity contribution is -0.117. The van der Waals surface area contributed by atoms with Crippen molar-refractivity contribution in [2.45, 2.75) is 33.1 Å². The van der Waals surface area contributed by atoms with E-state index in [4.69, 9.17) is 0 Å². The summed E-state index contributed by atoms with van der Waals surface area (Å²) in [5.74, 6) is 0.909. The van der Waals surface area contributed by atoms with Crippen molar-refractivity contribution in [3.8, 4) is 0 Å². The topological polar surface area (TPSA) is 44.4 Å². The highest BCUT2D eigenvalue weighted by atomic mass is 16.2. The zero-order chi connectivity index (χ0) is 15.9. The van der Waals surface area contributed by atoms with Crippen LogP contribution in [0, 0.1) is 19.8 Å². The largest absolute Gasteiger partial charge is 0.325 e. The Hall–Kier alpha value is -1.39. The molecule has 1 aromatic carbocycles. The van der Waals surface area contributed by atoms with E-state index < -0.39 is 0 Å². The molecular weight excluding hydrogens is 274 g/mol. The Morgan fingerprint density at radius 2 is 2.00 bits per heavy atom. The highest BCUT2D eigenvalue weighted by Crippen LogP contribution is 2.20. The lowest BCUT2D eigenvalue weighted by Gasteiger charge is -2.31. The summed E-state index contributed by atoms with van der Waals surface area (Å²) in [6, 6.07) is 6.13. The highest BCUT2D eigenvalue weighted by Gasteiger charge is 2.20. The number of aryl methyl sites for hydroxylation is 2. The number of anilines is 1. The summed E-state index contributed by atoms with van der Waals surface area (Å²) >= 11 is 0. The van der Waals surface area contributed by atoms with Gasteiger partial charge in [-0.2, -0.15) is 0 Å². The molecule has 0 bridgehead atoms. The molecule has 1 aliphatic rings. The summed E-state index contributed by atoms with van der Waals surface area (Å²) < 4.78 is 0. The van der Waals surface area contributed by atoms with Gasteiger partial charge in [-0.1, -0.05) is 17.7 Å². The third-order valence-electron chi connectivity index (χ3n) is 4.53. The normalized spacial score (nSPS) is 16.7. The predicted molar refractivity (Wildman–Crippen MR) is 92.3 cm³/mol. The van der Waals surface area contributed by atoms with Crippen molar-refractivity contribution >= 4 is 11.6 Å². The van der Waals surface area contributed by atoms with Gasteiger partial charge in [-0.15, -0.1) is 0 Å². The second-order valence-corrected chi connectivity index (χ2v) is 6.48. The van der Waals surface area contributed by atoms with Crippen LogP contribution in [0.2, 0.25) is 0 Å². The minimum Gasteiger partial charge on any atom is -0.325 e. The van der Waals surface area contributed by atoms with Crippen molar-refractivity contribution in [3.63, 3.8) is 0 Å². The number of piperidine rings is 1. The molecular formula is C18H29N3O. The van der Waals surface area contributed by atoms with Crippen molar-refractivity contribution in [2.75, 3.05) is 38.5 Å². The summed E-state index contributed by atoms with van der Waals surface area (Å²) in [6.07, 6.45) is 3.66. The lowest BCUT2D eigenvalue weighted by Crippen LogP contribution is -2.39. The maximum atomic E-state index is 12.2. The van der Waals surface area contributed by atoms with Crippen molar-refractivity contribution in [2.24, 2.45) is 5.92 Å². The average Bonchev–Trinajstić information content (AvgIpc) is 2.49. The van der Waals surface area contributed by atoms with Crippen LogP contribution in [0.1, 0.15) is 30.4 Å². The van der Waals surface area contributed by atoms with Crippen LogP contribution in [0.15, 0.2) is 18.2 Å². The van der Waals surface area contributed by atoms with E-state index in [0.29, 0.717) is 6.54 Å². The maximum Gasteiger partial charge on any atom is 0.238 e. The van der Waals surface area contributed by atoms with Crippen LogP contribution in [0.25, 0.3) is 0 Å². The van der Waals surface area contributed by atoms with Gasteiger partial charge in [0.1, 0.15) is 0 Å². The van der Waals surface area contributed by atoms with Crippen molar-refractivity contribution in [1.29, 1.82) is 0 Å². The van der Waals surface area contributed by atoms with Gasteiger partial charge < -0.3 is 10.6 Å². The molecule has 1 amide bonds. The molecule has 0 atom stereocenters. The van der Waals surface area contributed by atoms with Gasteiger partial charge in [0.15, 0.2) is 0 Å². The van der Waals surface area contributed by atoms with Crippen molar-refractivity contribution < 1.29 is 4.79 Å². The van der Waals surface area contributed by atoms with E-state index in [1.165, 1.54) is 24.8 Å². The summed E-state index contributed by atoms with van der Waals surface area (Å²) in [7, 11) is 2.01. The number of likely N-dealkylation sites (tertiary alicyclic amines) is 1. The standard InChI is InChI=1S/C18H29N3O/c1-14-4-5-17(15(2)12-14)20-18(22)13-21-10-7-16(8-11-21)6-9-19-3/h4-5,12,16,19H,6-11,13H2,1-3H3,(H,20,22). The summed E-state index contributed by atoms with van der Waals surface area (Å²) in [6.45, 7) is 7.78. The number of amides is 1. The first-order valence-electron chi connectivity index (χ1n) is 8.32. The average molecular weight is 303 g/mol. The van der Waals surface area contributed by atoms with E-state index >= 15 is 0 Å². The molecule has 2 rings (SSSR count). The monoisotopic (exact) mass is 303 g/mol. The zero-order valence-corrected chi connectivity index (χ0v) is 14.1.